The number of hydrogen-bond donors (Lipinski definition) is 1. The van der Waals surface area contributed by atoms with Crippen LogP contribution in [0.25, 0.3) is 0 Å². The minimum atomic E-state index is 0.702. The highest BCUT2D eigenvalue weighted by Gasteiger charge is 2.41. The van der Waals surface area contributed by atoms with Crippen LogP contribution < -0.4 is 10.2 Å². The van der Waals surface area contributed by atoms with Crippen LogP contribution in [-0.4, -0.2) is 34.5 Å². The Morgan fingerprint density at radius 3 is 2.61 bits per heavy atom. The summed E-state index contributed by atoms with van der Waals surface area (Å²) in [5.74, 6) is 1.18. The van der Waals surface area contributed by atoms with Crippen molar-refractivity contribution in [2.24, 2.45) is 7.05 Å². The molecule has 4 nitrogen and oxygen atoms in total. The first-order chi connectivity index (χ1) is 8.78. The fourth-order valence-electron chi connectivity index (χ4n) is 3.61. The molecule has 0 saturated carbocycles. The van der Waals surface area contributed by atoms with E-state index >= 15 is 0 Å². The number of hydrogen-bond acceptors (Lipinski definition) is 3. The molecule has 0 radical (unpaired) electrons. The topological polar surface area (TPSA) is 33.1 Å². The zero-order valence-corrected chi connectivity index (χ0v) is 11.5. The molecule has 1 N–H and O–H groups in total. The van der Waals surface area contributed by atoms with E-state index < -0.39 is 0 Å². The van der Waals surface area contributed by atoms with Gasteiger partial charge in [0.15, 0.2) is 5.82 Å². The third kappa shape index (κ3) is 2.14. The molecule has 3 heterocycles. The highest BCUT2D eigenvalue weighted by Crippen LogP contribution is 2.38. The third-order valence-electron chi connectivity index (χ3n) is 4.38. The molecule has 2 aliphatic heterocycles. The number of piperidine rings is 1. The average Bonchev–Trinajstić information content (AvgIpc) is 2.88. The van der Waals surface area contributed by atoms with Crippen molar-refractivity contribution in [3.63, 3.8) is 0 Å². The monoisotopic (exact) mass is 248 g/mol. The largest absolute Gasteiger partial charge is 0.349 e. The molecule has 0 aliphatic carbocycles. The lowest BCUT2D eigenvalue weighted by Gasteiger charge is -2.39. The number of aryl methyl sites for hydroxylation is 1. The maximum absolute atomic E-state index is 4.58. The molecule has 1 aromatic rings. The van der Waals surface area contributed by atoms with E-state index in [1.54, 1.807) is 0 Å². The van der Waals surface area contributed by atoms with E-state index in [4.69, 9.17) is 0 Å². The normalized spacial score (nSPS) is 31.0. The Morgan fingerprint density at radius 1 is 1.33 bits per heavy atom. The van der Waals surface area contributed by atoms with Gasteiger partial charge in [-0.15, -0.1) is 0 Å². The minimum Gasteiger partial charge on any atom is -0.349 e. The maximum atomic E-state index is 4.58. The Balaban J connectivity index is 1.69. The molecule has 2 fully saturated rings. The molecule has 2 unspecified atom stereocenters. The van der Waals surface area contributed by atoms with Gasteiger partial charge in [-0.25, -0.2) is 0 Å². The molecular formula is C14H24N4. The lowest BCUT2D eigenvalue weighted by atomic mass is 9.97. The Labute approximate surface area is 109 Å². The molecule has 2 saturated heterocycles. The number of rotatable bonds is 4. The van der Waals surface area contributed by atoms with E-state index in [-0.39, 0.29) is 0 Å². The van der Waals surface area contributed by atoms with Crippen LogP contribution in [0.5, 0.6) is 0 Å². The highest BCUT2D eigenvalue weighted by molar-refractivity contribution is 5.43. The summed E-state index contributed by atoms with van der Waals surface area (Å²) in [6, 6.07) is 4.29. The molecule has 0 aromatic carbocycles. The molecule has 2 atom stereocenters. The van der Waals surface area contributed by atoms with Gasteiger partial charge in [-0.3, -0.25) is 4.68 Å². The summed E-state index contributed by atoms with van der Waals surface area (Å²) in [6.07, 6.45) is 8.53. The number of nitrogens with zero attached hydrogens (tertiary/aromatic N) is 3. The smallest absolute Gasteiger partial charge is 0.151 e. The van der Waals surface area contributed by atoms with Crippen LogP contribution in [0, 0.1) is 0 Å². The fraction of sp³-hybridized carbons (Fsp3) is 0.786. The summed E-state index contributed by atoms with van der Waals surface area (Å²) in [5, 5.41) is 8.28. The minimum absolute atomic E-state index is 0.702. The van der Waals surface area contributed by atoms with Crippen molar-refractivity contribution < 1.29 is 0 Å². The molecule has 1 aromatic heterocycles. The zero-order chi connectivity index (χ0) is 12.5. The van der Waals surface area contributed by atoms with E-state index in [2.05, 4.69) is 34.5 Å². The predicted octanol–water partition coefficient (Wildman–Crippen LogP) is 1.92. The van der Waals surface area contributed by atoms with Crippen LogP contribution in [0.3, 0.4) is 0 Å². The molecule has 100 valence electrons. The summed E-state index contributed by atoms with van der Waals surface area (Å²) >= 11 is 0. The van der Waals surface area contributed by atoms with Gasteiger partial charge in [0.1, 0.15) is 0 Å². The second kappa shape index (κ2) is 4.92. The van der Waals surface area contributed by atoms with Gasteiger partial charge in [0.2, 0.25) is 0 Å². The van der Waals surface area contributed by atoms with Gasteiger partial charge in [-0.05, 0) is 38.6 Å². The van der Waals surface area contributed by atoms with Crippen molar-refractivity contribution in [2.75, 3.05) is 11.4 Å². The van der Waals surface area contributed by atoms with Crippen LogP contribution >= 0.6 is 0 Å². The average molecular weight is 248 g/mol. The van der Waals surface area contributed by atoms with Gasteiger partial charge < -0.3 is 10.2 Å². The maximum Gasteiger partial charge on any atom is 0.151 e. The highest BCUT2D eigenvalue weighted by atomic mass is 15.4. The summed E-state index contributed by atoms with van der Waals surface area (Å²) < 4.78 is 1.91. The van der Waals surface area contributed by atoms with Crippen molar-refractivity contribution in [3.05, 3.63) is 12.3 Å². The summed E-state index contributed by atoms with van der Waals surface area (Å²) in [7, 11) is 2.00. The number of nitrogens with one attached hydrogen (secondary N) is 1. The Kier molecular flexibility index (Phi) is 3.29. The van der Waals surface area contributed by atoms with Crippen LogP contribution in [0.15, 0.2) is 12.3 Å². The van der Waals surface area contributed by atoms with Gasteiger partial charge in [0.05, 0.1) is 0 Å². The zero-order valence-electron chi connectivity index (χ0n) is 11.5. The van der Waals surface area contributed by atoms with E-state index in [1.807, 2.05) is 11.7 Å². The molecule has 2 aliphatic rings. The number of fused-ring (bicyclic) bond motifs is 2. The molecule has 0 spiro atoms. The van der Waals surface area contributed by atoms with E-state index in [1.165, 1.54) is 37.9 Å². The Morgan fingerprint density at radius 2 is 2.06 bits per heavy atom. The van der Waals surface area contributed by atoms with Crippen molar-refractivity contribution in [3.8, 4) is 0 Å². The SMILES string of the molecule is CCCNC1CC2CCC(C1)N2c1ccn(C)n1. The van der Waals surface area contributed by atoms with Gasteiger partial charge in [-0.2, -0.15) is 5.10 Å². The van der Waals surface area contributed by atoms with E-state index in [9.17, 15) is 0 Å². The second-order valence-electron chi connectivity index (χ2n) is 5.76. The first-order valence-electron chi connectivity index (χ1n) is 7.29. The molecule has 4 heteroatoms. The first-order valence-corrected chi connectivity index (χ1v) is 7.29. The van der Waals surface area contributed by atoms with Crippen LogP contribution in [-0.2, 0) is 7.05 Å². The van der Waals surface area contributed by atoms with Gasteiger partial charge in [0, 0.05) is 37.4 Å². The summed E-state index contributed by atoms with van der Waals surface area (Å²) in [5.41, 5.74) is 0. The molecule has 2 bridgehead atoms. The number of aromatic nitrogens is 2. The third-order valence-corrected chi connectivity index (χ3v) is 4.38. The quantitative estimate of drug-likeness (QED) is 0.883. The van der Waals surface area contributed by atoms with Crippen LogP contribution in [0.4, 0.5) is 5.82 Å². The predicted molar refractivity (Wildman–Crippen MR) is 73.8 cm³/mol. The Hall–Kier alpha value is -1.03. The van der Waals surface area contributed by atoms with Gasteiger partial charge in [0.25, 0.3) is 0 Å². The van der Waals surface area contributed by atoms with Gasteiger partial charge >= 0.3 is 0 Å². The van der Waals surface area contributed by atoms with Crippen molar-refractivity contribution in [1.82, 2.24) is 15.1 Å². The van der Waals surface area contributed by atoms with Crippen LogP contribution in [0.2, 0.25) is 0 Å². The summed E-state index contributed by atoms with van der Waals surface area (Å²) in [6.45, 7) is 3.40. The van der Waals surface area contributed by atoms with Crippen molar-refractivity contribution >= 4 is 5.82 Å². The van der Waals surface area contributed by atoms with E-state index in [0.717, 1.165) is 12.6 Å². The lowest BCUT2D eigenvalue weighted by Crippen LogP contribution is -2.49. The van der Waals surface area contributed by atoms with Crippen molar-refractivity contribution in [2.45, 2.75) is 57.2 Å². The second-order valence-corrected chi connectivity index (χ2v) is 5.76. The fourth-order valence-corrected chi connectivity index (χ4v) is 3.61. The van der Waals surface area contributed by atoms with E-state index in [0.29, 0.717) is 12.1 Å². The molecular weight excluding hydrogens is 224 g/mol. The number of anilines is 1. The summed E-state index contributed by atoms with van der Waals surface area (Å²) in [4.78, 5) is 2.57. The Bertz CT molecular complexity index is 386. The molecule has 0 amide bonds. The standard InChI is InChI=1S/C14H24N4/c1-3-7-15-11-9-12-4-5-13(10-11)18(12)14-6-8-17(2)16-14/h6,8,11-13,15H,3-5,7,9-10H2,1-2H3. The van der Waals surface area contributed by atoms with Gasteiger partial charge in [-0.1, -0.05) is 6.92 Å². The molecule has 18 heavy (non-hydrogen) atoms. The van der Waals surface area contributed by atoms with Crippen molar-refractivity contribution in [1.29, 1.82) is 0 Å². The lowest BCUT2D eigenvalue weighted by molar-refractivity contribution is 0.354. The van der Waals surface area contributed by atoms with Crippen LogP contribution in [0.1, 0.15) is 39.0 Å². The molecule has 3 rings (SSSR count). The first kappa shape index (κ1) is 12.0.